The number of Topliss-reactive ketones (excluding diaryl/α,β-unsaturated/α-hetero) is 1. The van der Waals surface area contributed by atoms with Gasteiger partial charge in [-0.25, -0.2) is 4.79 Å². The Morgan fingerprint density at radius 2 is 2.21 bits per heavy atom. The zero-order valence-corrected chi connectivity index (χ0v) is 7.74. The first-order valence-corrected chi connectivity index (χ1v) is 4.32. The fourth-order valence-electron chi connectivity index (χ4n) is 1.66. The van der Waals surface area contributed by atoms with Crippen LogP contribution in [0.2, 0.25) is 0 Å². The van der Waals surface area contributed by atoms with Crippen molar-refractivity contribution in [1.82, 2.24) is 4.98 Å². The number of pyridine rings is 1. The molecular weight excluding hydrogens is 182 g/mol. The smallest absolute Gasteiger partial charge is 0.340 e. The maximum Gasteiger partial charge on any atom is 0.340 e. The Labute approximate surface area is 80.9 Å². The van der Waals surface area contributed by atoms with Crippen LogP contribution in [0.3, 0.4) is 0 Å². The van der Waals surface area contributed by atoms with Crippen LogP contribution in [-0.4, -0.2) is 23.8 Å². The summed E-state index contributed by atoms with van der Waals surface area (Å²) in [7, 11) is 1.29. The molecule has 2 rings (SSSR count). The Kier molecular flexibility index (Phi) is 2.04. The van der Waals surface area contributed by atoms with E-state index in [-0.39, 0.29) is 11.3 Å². The van der Waals surface area contributed by atoms with Crippen LogP contribution in [0.5, 0.6) is 0 Å². The normalized spacial score (nSPS) is 13.9. The number of ketones is 1. The van der Waals surface area contributed by atoms with Gasteiger partial charge in [-0.15, -0.1) is 0 Å². The number of esters is 1. The molecule has 1 aliphatic carbocycles. The van der Waals surface area contributed by atoms with Gasteiger partial charge in [0.05, 0.1) is 12.7 Å². The Bertz CT molecular complexity index is 412. The summed E-state index contributed by atoms with van der Waals surface area (Å²) in [5.74, 6) is -0.493. The van der Waals surface area contributed by atoms with Crippen LogP contribution in [-0.2, 0) is 11.2 Å². The van der Waals surface area contributed by atoms with Crippen molar-refractivity contribution in [3.8, 4) is 0 Å². The first-order valence-electron chi connectivity index (χ1n) is 4.32. The number of aromatic nitrogens is 1. The topological polar surface area (TPSA) is 56.3 Å². The summed E-state index contributed by atoms with van der Waals surface area (Å²) >= 11 is 0. The molecule has 0 radical (unpaired) electrons. The molecule has 0 N–H and O–H groups in total. The van der Waals surface area contributed by atoms with Gasteiger partial charge in [-0.2, -0.15) is 0 Å². The summed E-state index contributed by atoms with van der Waals surface area (Å²) in [5.41, 5.74) is 1.62. The van der Waals surface area contributed by atoms with Crippen LogP contribution in [0.4, 0.5) is 0 Å². The van der Waals surface area contributed by atoms with Crippen LogP contribution in [0.1, 0.15) is 32.7 Å². The molecule has 0 amide bonds. The number of ether oxygens (including phenoxy) is 1. The van der Waals surface area contributed by atoms with Gasteiger partial charge in [0.2, 0.25) is 0 Å². The number of methoxy groups -OCH3 is 1. The molecule has 4 nitrogen and oxygen atoms in total. The highest BCUT2D eigenvalue weighted by Crippen LogP contribution is 2.24. The molecule has 1 heterocycles. The largest absolute Gasteiger partial charge is 0.465 e. The van der Waals surface area contributed by atoms with E-state index in [1.165, 1.54) is 13.3 Å². The summed E-state index contributed by atoms with van der Waals surface area (Å²) in [5, 5.41) is 0. The zero-order chi connectivity index (χ0) is 10.1. The number of carbonyl (C=O) groups is 2. The third-order valence-corrected chi connectivity index (χ3v) is 2.33. The number of hydrogen-bond acceptors (Lipinski definition) is 4. The quantitative estimate of drug-likeness (QED) is 0.621. The predicted molar refractivity (Wildman–Crippen MR) is 48.2 cm³/mol. The van der Waals surface area contributed by atoms with E-state index in [4.69, 9.17) is 0 Å². The molecule has 0 atom stereocenters. The van der Waals surface area contributed by atoms with E-state index in [2.05, 4.69) is 9.72 Å². The second kappa shape index (κ2) is 3.21. The van der Waals surface area contributed by atoms with Crippen molar-refractivity contribution >= 4 is 11.8 Å². The Balaban J connectivity index is 2.57. The summed E-state index contributed by atoms with van der Waals surface area (Å²) in [6.45, 7) is 0. The fraction of sp³-hybridized carbons (Fsp3) is 0.300. The molecule has 0 fully saturated rings. The van der Waals surface area contributed by atoms with Crippen molar-refractivity contribution < 1.29 is 14.3 Å². The molecule has 1 aliphatic rings. The third kappa shape index (κ3) is 1.19. The molecule has 0 aromatic carbocycles. The fourth-order valence-corrected chi connectivity index (χ4v) is 1.66. The van der Waals surface area contributed by atoms with Gasteiger partial charge in [-0.05, 0) is 12.0 Å². The summed E-state index contributed by atoms with van der Waals surface area (Å²) in [6.07, 6.45) is 4.15. The number of carbonyl (C=O) groups excluding carboxylic acids is 2. The summed E-state index contributed by atoms with van der Waals surface area (Å²) in [6, 6.07) is 0. The monoisotopic (exact) mass is 191 g/mol. The lowest BCUT2D eigenvalue weighted by Crippen LogP contribution is -2.09. The van der Waals surface area contributed by atoms with Crippen LogP contribution < -0.4 is 0 Å². The molecule has 0 bridgehead atoms. The number of fused-ring (bicyclic) bond motifs is 1. The van der Waals surface area contributed by atoms with Gasteiger partial charge in [0.15, 0.2) is 5.78 Å². The van der Waals surface area contributed by atoms with Crippen LogP contribution in [0.25, 0.3) is 0 Å². The van der Waals surface area contributed by atoms with E-state index in [1.807, 2.05) is 0 Å². The van der Waals surface area contributed by atoms with Gasteiger partial charge in [0.25, 0.3) is 0 Å². The van der Waals surface area contributed by atoms with Gasteiger partial charge < -0.3 is 4.74 Å². The molecule has 0 saturated heterocycles. The van der Waals surface area contributed by atoms with E-state index < -0.39 is 5.97 Å². The highest BCUT2D eigenvalue weighted by atomic mass is 16.5. The molecule has 72 valence electrons. The van der Waals surface area contributed by atoms with Crippen LogP contribution in [0.15, 0.2) is 12.4 Å². The second-order valence-electron chi connectivity index (χ2n) is 3.14. The summed E-state index contributed by atoms with van der Waals surface area (Å²) in [4.78, 5) is 26.7. The van der Waals surface area contributed by atoms with E-state index in [1.54, 1.807) is 6.20 Å². The molecule has 1 aromatic rings. The Morgan fingerprint density at radius 3 is 2.93 bits per heavy atom. The number of rotatable bonds is 1. The standard InChI is InChI=1S/C10H9NO3/c1-14-10(13)7-5-11-4-6-2-3-8(12)9(6)7/h4-5H,2-3H2,1H3. The minimum atomic E-state index is -0.496. The highest BCUT2D eigenvalue weighted by Gasteiger charge is 2.26. The lowest BCUT2D eigenvalue weighted by Gasteiger charge is -2.03. The van der Waals surface area contributed by atoms with Crippen molar-refractivity contribution in [3.05, 3.63) is 29.1 Å². The average Bonchev–Trinajstić information content (AvgIpc) is 2.59. The van der Waals surface area contributed by atoms with Crippen molar-refractivity contribution in [1.29, 1.82) is 0 Å². The first-order chi connectivity index (χ1) is 6.74. The molecule has 4 heteroatoms. The van der Waals surface area contributed by atoms with Gasteiger partial charge in [-0.3, -0.25) is 9.78 Å². The van der Waals surface area contributed by atoms with Gasteiger partial charge in [0.1, 0.15) is 0 Å². The maximum absolute atomic E-state index is 11.5. The molecule has 0 unspecified atom stereocenters. The molecular formula is C10H9NO3. The van der Waals surface area contributed by atoms with E-state index in [0.717, 1.165) is 5.56 Å². The van der Waals surface area contributed by atoms with Gasteiger partial charge in [-0.1, -0.05) is 0 Å². The molecule has 0 aliphatic heterocycles. The molecule has 1 aromatic heterocycles. The maximum atomic E-state index is 11.5. The van der Waals surface area contributed by atoms with Gasteiger partial charge in [0, 0.05) is 24.4 Å². The Hall–Kier alpha value is -1.71. The lowest BCUT2D eigenvalue weighted by atomic mass is 10.1. The SMILES string of the molecule is COC(=O)c1cncc2c1C(=O)CC2. The Morgan fingerprint density at radius 1 is 1.43 bits per heavy atom. The van der Waals surface area contributed by atoms with E-state index in [0.29, 0.717) is 18.4 Å². The van der Waals surface area contributed by atoms with Crippen LogP contribution >= 0.6 is 0 Å². The third-order valence-electron chi connectivity index (χ3n) is 2.33. The minimum absolute atomic E-state index is 0.00259. The number of nitrogens with zero attached hydrogens (tertiary/aromatic N) is 1. The first kappa shape index (κ1) is 8.87. The molecule has 0 saturated carbocycles. The predicted octanol–water partition coefficient (Wildman–Crippen LogP) is 0.997. The van der Waals surface area contributed by atoms with Crippen molar-refractivity contribution in [2.24, 2.45) is 0 Å². The van der Waals surface area contributed by atoms with E-state index >= 15 is 0 Å². The zero-order valence-electron chi connectivity index (χ0n) is 7.74. The number of aryl methyl sites for hydroxylation is 1. The summed E-state index contributed by atoms with van der Waals surface area (Å²) < 4.78 is 4.58. The van der Waals surface area contributed by atoms with Crippen molar-refractivity contribution in [2.45, 2.75) is 12.8 Å². The van der Waals surface area contributed by atoms with E-state index in [9.17, 15) is 9.59 Å². The molecule has 14 heavy (non-hydrogen) atoms. The van der Waals surface area contributed by atoms with Gasteiger partial charge >= 0.3 is 5.97 Å². The minimum Gasteiger partial charge on any atom is -0.465 e. The van der Waals surface area contributed by atoms with Crippen LogP contribution in [0, 0.1) is 0 Å². The second-order valence-corrected chi connectivity index (χ2v) is 3.14. The average molecular weight is 191 g/mol. The highest BCUT2D eigenvalue weighted by molar-refractivity contribution is 6.08. The number of hydrogen-bond donors (Lipinski definition) is 0. The molecule has 0 spiro atoms. The van der Waals surface area contributed by atoms with Crippen molar-refractivity contribution in [3.63, 3.8) is 0 Å². The lowest BCUT2D eigenvalue weighted by molar-refractivity contribution is 0.0597. The van der Waals surface area contributed by atoms with Crippen molar-refractivity contribution in [2.75, 3.05) is 7.11 Å².